The fourth-order valence-electron chi connectivity index (χ4n) is 3.39. The highest BCUT2D eigenvalue weighted by molar-refractivity contribution is 7.91. The number of nitrogens with zero attached hydrogens (tertiary/aromatic N) is 1. The van der Waals surface area contributed by atoms with Crippen LogP contribution in [0.1, 0.15) is 39.0 Å². The van der Waals surface area contributed by atoms with E-state index in [-0.39, 0.29) is 18.1 Å². The molecule has 6 nitrogen and oxygen atoms in total. The summed E-state index contributed by atoms with van der Waals surface area (Å²) < 4.78 is 33.0. The molecule has 0 aliphatic carbocycles. The minimum absolute atomic E-state index is 0.0277. The van der Waals surface area contributed by atoms with Gasteiger partial charge in [-0.05, 0) is 44.1 Å². The standard InChI is InChI=1S/C16H24N2O4S2/c1-12(14-7-4-10-22-14)17-16(19)13-6-2-3-9-18(13)24(20,21)15-8-5-11-23-15/h5,8,11-14H,2-4,6-7,9-10H2,1H3,(H,17,19)/t12-,13+,14+/m0/s1. The number of amides is 1. The van der Waals surface area contributed by atoms with Crippen molar-refractivity contribution in [1.29, 1.82) is 0 Å². The SMILES string of the molecule is C[C@H](NC(=O)[C@H]1CCCCN1S(=O)(=O)c1cccs1)[C@H]1CCCO1. The molecular formula is C16H24N2O4S2. The molecule has 2 aliphatic heterocycles. The Hall–Kier alpha value is -0.960. The van der Waals surface area contributed by atoms with E-state index >= 15 is 0 Å². The van der Waals surface area contributed by atoms with Crippen molar-refractivity contribution in [2.75, 3.05) is 13.2 Å². The number of nitrogens with one attached hydrogen (secondary N) is 1. The van der Waals surface area contributed by atoms with Gasteiger partial charge in [0.2, 0.25) is 5.91 Å². The molecule has 0 unspecified atom stereocenters. The topological polar surface area (TPSA) is 75.7 Å². The Balaban J connectivity index is 1.73. The van der Waals surface area contributed by atoms with Crippen LogP contribution >= 0.6 is 11.3 Å². The molecule has 1 N–H and O–H groups in total. The Morgan fingerprint density at radius 2 is 2.21 bits per heavy atom. The third kappa shape index (κ3) is 3.66. The quantitative estimate of drug-likeness (QED) is 0.857. The lowest BCUT2D eigenvalue weighted by molar-refractivity contribution is -0.127. The van der Waals surface area contributed by atoms with Crippen LogP contribution in [0.3, 0.4) is 0 Å². The van der Waals surface area contributed by atoms with E-state index in [1.807, 2.05) is 6.92 Å². The summed E-state index contributed by atoms with van der Waals surface area (Å²) in [5, 5.41) is 4.71. The van der Waals surface area contributed by atoms with E-state index in [9.17, 15) is 13.2 Å². The third-order valence-corrected chi connectivity index (χ3v) is 7.99. The molecule has 2 aliphatic rings. The summed E-state index contributed by atoms with van der Waals surface area (Å²) >= 11 is 1.19. The zero-order chi connectivity index (χ0) is 17.2. The predicted octanol–water partition coefficient (Wildman–Crippen LogP) is 1.97. The molecule has 1 aromatic rings. The van der Waals surface area contributed by atoms with Crippen molar-refractivity contribution in [2.45, 2.75) is 61.4 Å². The summed E-state index contributed by atoms with van der Waals surface area (Å²) in [6.07, 6.45) is 4.18. The van der Waals surface area contributed by atoms with E-state index in [2.05, 4.69) is 5.32 Å². The van der Waals surface area contributed by atoms with Crippen molar-refractivity contribution >= 4 is 27.3 Å². The molecule has 0 saturated carbocycles. The molecule has 8 heteroatoms. The van der Waals surface area contributed by atoms with Crippen LogP contribution in [0, 0.1) is 0 Å². The van der Waals surface area contributed by atoms with Crippen LogP contribution in [-0.2, 0) is 19.6 Å². The van der Waals surface area contributed by atoms with Crippen molar-refractivity contribution in [2.24, 2.45) is 0 Å². The summed E-state index contributed by atoms with van der Waals surface area (Å²) in [6.45, 7) is 3.05. The summed E-state index contributed by atoms with van der Waals surface area (Å²) in [5.74, 6) is -0.210. The average molecular weight is 373 g/mol. The molecule has 0 aromatic carbocycles. The van der Waals surface area contributed by atoms with Crippen molar-refractivity contribution < 1.29 is 17.9 Å². The molecule has 3 heterocycles. The van der Waals surface area contributed by atoms with Crippen LogP contribution in [-0.4, -0.2) is 50.0 Å². The first-order valence-electron chi connectivity index (χ1n) is 8.47. The highest BCUT2D eigenvalue weighted by atomic mass is 32.2. The van der Waals surface area contributed by atoms with Gasteiger partial charge < -0.3 is 10.1 Å². The second-order valence-electron chi connectivity index (χ2n) is 6.41. The smallest absolute Gasteiger partial charge is 0.253 e. The van der Waals surface area contributed by atoms with Gasteiger partial charge in [-0.2, -0.15) is 4.31 Å². The molecule has 1 amide bonds. The number of sulfonamides is 1. The number of hydrogen-bond donors (Lipinski definition) is 1. The van der Waals surface area contributed by atoms with E-state index in [0.29, 0.717) is 17.2 Å². The minimum atomic E-state index is -3.61. The minimum Gasteiger partial charge on any atom is -0.376 e. The van der Waals surface area contributed by atoms with E-state index in [0.717, 1.165) is 32.3 Å². The first-order chi connectivity index (χ1) is 11.5. The maximum absolute atomic E-state index is 12.8. The number of piperidine rings is 1. The van der Waals surface area contributed by atoms with Gasteiger partial charge in [-0.1, -0.05) is 12.5 Å². The van der Waals surface area contributed by atoms with Crippen molar-refractivity contribution in [3.8, 4) is 0 Å². The van der Waals surface area contributed by atoms with Gasteiger partial charge in [0.05, 0.1) is 12.1 Å². The number of ether oxygens (including phenoxy) is 1. The van der Waals surface area contributed by atoms with Crippen molar-refractivity contribution in [3.05, 3.63) is 17.5 Å². The van der Waals surface area contributed by atoms with Gasteiger partial charge in [-0.15, -0.1) is 11.3 Å². The van der Waals surface area contributed by atoms with Gasteiger partial charge in [0.15, 0.2) is 0 Å². The number of carbonyl (C=O) groups is 1. The Bertz CT molecular complexity index is 654. The predicted molar refractivity (Wildman–Crippen MR) is 92.4 cm³/mol. The van der Waals surface area contributed by atoms with E-state index in [4.69, 9.17) is 4.74 Å². The first-order valence-corrected chi connectivity index (χ1v) is 10.8. The van der Waals surface area contributed by atoms with Gasteiger partial charge in [-0.3, -0.25) is 4.79 Å². The van der Waals surface area contributed by atoms with Crippen LogP contribution in [0.4, 0.5) is 0 Å². The monoisotopic (exact) mass is 372 g/mol. The maximum atomic E-state index is 12.8. The summed E-state index contributed by atoms with van der Waals surface area (Å²) in [6, 6.07) is 2.58. The zero-order valence-corrected chi connectivity index (χ0v) is 15.4. The van der Waals surface area contributed by atoms with Gasteiger partial charge in [0.25, 0.3) is 10.0 Å². The fourth-order valence-corrected chi connectivity index (χ4v) is 6.17. The molecule has 2 saturated heterocycles. The van der Waals surface area contributed by atoms with Crippen LogP contribution in [0.15, 0.2) is 21.7 Å². The Morgan fingerprint density at radius 1 is 1.38 bits per heavy atom. The summed E-state index contributed by atoms with van der Waals surface area (Å²) in [5.41, 5.74) is 0. The largest absolute Gasteiger partial charge is 0.376 e. The Labute approximate surface area is 147 Å². The molecule has 3 atom stereocenters. The lowest BCUT2D eigenvalue weighted by Gasteiger charge is -2.34. The van der Waals surface area contributed by atoms with Crippen LogP contribution in [0.2, 0.25) is 0 Å². The van der Waals surface area contributed by atoms with Crippen molar-refractivity contribution in [1.82, 2.24) is 9.62 Å². The Kier molecular flexibility index (Phi) is 5.59. The van der Waals surface area contributed by atoms with Crippen LogP contribution in [0.25, 0.3) is 0 Å². The van der Waals surface area contributed by atoms with Gasteiger partial charge in [0.1, 0.15) is 10.3 Å². The molecule has 0 bridgehead atoms. The molecule has 134 valence electrons. The third-order valence-electron chi connectivity index (χ3n) is 4.71. The lowest BCUT2D eigenvalue weighted by Crippen LogP contribution is -2.54. The first kappa shape index (κ1) is 17.8. The van der Waals surface area contributed by atoms with E-state index < -0.39 is 16.1 Å². The molecular weight excluding hydrogens is 348 g/mol. The van der Waals surface area contributed by atoms with Crippen LogP contribution in [0.5, 0.6) is 0 Å². The molecule has 3 rings (SSSR count). The fraction of sp³-hybridized carbons (Fsp3) is 0.688. The molecule has 0 spiro atoms. The lowest BCUT2D eigenvalue weighted by atomic mass is 10.0. The summed E-state index contributed by atoms with van der Waals surface area (Å²) in [4.78, 5) is 12.7. The molecule has 0 radical (unpaired) electrons. The normalized spacial score (nSPS) is 27.0. The zero-order valence-electron chi connectivity index (χ0n) is 13.8. The van der Waals surface area contributed by atoms with Gasteiger partial charge in [0, 0.05) is 13.2 Å². The number of hydrogen-bond acceptors (Lipinski definition) is 5. The molecule has 1 aromatic heterocycles. The molecule has 24 heavy (non-hydrogen) atoms. The maximum Gasteiger partial charge on any atom is 0.253 e. The average Bonchev–Trinajstić information content (AvgIpc) is 3.28. The Morgan fingerprint density at radius 3 is 2.88 bits per heavy atom. The van der Waals surface area contributed by atoms with E-state index in [1.165, 1.54) is 15.6 Å². The number of carbonyl (C=O) groups excluding carboxylic acids is 1. The second-order valence-corrected chi connectivity index (χ2v) is 9.47. The van der Waals surface area contributed by atoms with Gasteiger partial charge in [-0.25, -0.2) is 8.42 Å². The summed E-state index contributed by atoms with van der Waals surface area (Å²) in [7, 11) is -3.61. The highest BCUT2D eigenvalue weighted by Crippen LogP contribution is 2.28. The number of rotatable bonds is 5. The van der Waals surface area contributed by atoms with Crippen LogP contribution < -0.4 is 5.32 Å². The molecule has 2 fully saturated rings. The second kappa shape index (κ2) is 7.51. The van der Waals surface area contributed by atoms with Crippen molar-refractivity contribution in [3.63, 3.8) is 0 Å². The van der Waals surface area contributed by atoms with Gasteiger partial charge >= 0.3 is 0 Å². The highest BCUT2D eigenvalue weighted by Gasteiger charge is 2.39. The van der Waals surface area contributed by atoms with E-state index in [1.54, 1.807) is 17.5 Å². The number of thiophene rings is 1.